The van der Waals surface area contributed by atoms with Crippen LogP contribution in [0.2, 0.25) is 10.3 Å². The van der Waals surface area contributed by atoms with Gasteiger partial charge in [0, 0.05) is 5.02 Å². The van der Waals surface area contributed by atoms with Gasteiger partial charge in [0.05, 0.1) is 6.20 Å². The van der Waals surface area contributed by atoms with E-state index in [1.54, 1.807) is 24.3 Å². The first-order chi connectivity index (χ1) is 7.65. The number of ether oxygens (including phenoxy) is 1. The van der Waals surface area contributed by atoms with Gasteiger partial charge in [0.15, 0.2) is 0 Å². The second-order valence-corrected chi connectivity index (χ2v) is 3.73. The predicted octanol–water partition coefficient (Wildman–Crippen LogP) is 3.16. The largest absolute Gasteiger partial charge is 0.437 e. The van der Waals surface area contributed by atoms with E-state index in [1.165, 1.54) is 6.20 Å². The zero-order valence-corrected chi connectivity index (χ0v) is 9.53. The van der Waals surface area contributed by atoms with Crippen molar-refractivity contribution in [3.63, 3.8) is 0 Å². The molecule has 2 aromatic rings. The summed E-state index contributed by atoms with van der Waals surface area (Å²) in [6, 6.07) is 6.82. The maximum atomic E-state index is 5.74. The van der Waals surface area contributed by atoms with E-state index < -0.39 is 0 Å². The molecule has 0 atom stereocenters. The third-order valence-corrected chi connectivity index (χ3v) is 2.21. The van der Waals surface area contributed by atoms with Crippen molar-refractivity contribution in [2.75, 3.05) is 5.73 Å². The Bertz CT molecular complexity index is 502. The van der Waals surface area contributed by atoms with Crippen LogP contribution in [0.3, 0.4) is 0 Å². The molecule has 0 amide bonds. The van der Waals surface area contributed by atoms with E-state index in [-0.39, 0.29) is 11.2 Å². The average molecular weight is 256 g/mol. The molecule has 2 N–H and O–H groups in total. The molecule has 0 spiro atoms. The lowest BCUT2D eigenvalue weighted by Crippen LogP contribution is -1.96. The van der Waals surface area contributed by atoms with Gasteiger partial charge in [0.25, 0.3) is 0 Å². The van der Waals surface area contributed by atoms with E-state index in [0.717, 1.165) is 0 Å². The molecule has 0 radical (unpaired) electrons. The van der Waals surface area contributed by atoms with E-state index >= 15 is 0 Å². The molecule has 0 aliphatic carbocycles. The Kier molecular flexibility index (Phi) is 3.12. The Labute approximate surface area is 102 Å². The van der Waals surface area contributed by atoms with Crippen LogP contribution in [0.4, 0.5) is 5.69 Å². The Morgan fingerprint density at radius 1 is 1.12 bits per heavy atom. The van der Waals surface area contributed by atoms with Crippen molar-refractivity contribution in [2.45, 2.75) is 0 Å². The van der Waals surface area contributed by atoms with Crippen molar-refractivity contribution < 1.29 is 4.74 Å². The van der Waals surface area contributed by atoms with Gasteiger partial charge >= 0.3 is 0 Å². The molecule has 2 rings (SSSR count). The molecule has 0 saturated carbocycles. The first-order valence-electron chi connectivity index (χ1n) is 4.36. The van der Waals surface area contributed by atoms with Crippen LogP contribution in [0.1, 0.15) is 0 Å². The molecule has 16 heavy (non-hydrogen) atoms. The van der Waals surface area contributed by atoms with Gasteiger partial charge in [0.2, 0.25) is 11.2 Å². The standard InChI is InChI=1S/C10H7Cl2N3O/c11-6-1-3-7(4-2-6)16-9-8(13)5-14-10(12)15-9/h1-5H,13H2. The molecule has 1 aromatic carbocycles. The number of rotatable bonds is 2. The van der Waals surface area contributed by atoms with Gasteiger partial charge in [-0.2, -0.15) is 4.98 Å². The molecule has 6 heteroatoms. The maximum Gasteiger partial charge on any atom is 0.247 e. The molecule has 0 aliphatic rings. The third kappa shape index (κ3) is 2.53. The third-order valence-electron chi connectivity index (χ3n) is 1.78. The van der Waals surface area contributed by atoms with Crippen molar-refractivity contribution in [1.82, 2.24) is 9.97 Å². The summed E-state index contributed by atoms with van der Waals surface area (Å²) < 4.78 is 5.43. The molecule has 0 aliphatic heterocycles. The summed E-state index contributed by atoms with van der Waals surface area (Å²) in [5.74, 6) is 0.799. The minimum Gasteiger partial charge on any atom is -0.437 e. The second kappa shape index (κ2) is 4.55. The van der Waals surface area contributed by atoms with Gasteiger partial charge < -0.3 is 10.5 Å². The number of nitrogens with zero attached hydrogens (tertiary/aromatic N) is 2. The number of anilines is 1. The average Bonchev–Trinajstić information content (AvgIpc) is 2.27. The zero-order chi connectivity index (χ0) is 11.5. The van der Waals surface area contributed by atoms with Gasteiger partial charge in [0.1, 0.15) is 11.4 Å². The summed E-state index contributed by atoms with van der Waals surface area (Å²) in [6.45, 7) is 0. The number of halogens is 2. The highest BCUT2D eigenvalue weighted by molar-refractivity contribution is 6.30. The quantitative estimate of drug-likeness (QED) is 0.838. The predicted molar refractivity (Wildman–Crippen MR) is 63.0 cm³/mol. The summed E-state index contributed by atoms with van der Waals surface area (Å²) >= 11 is 11.4. The van der Waals surface area contributed by atoms with Crippen LogP contribution in [-0.4, -0.2) is 9.97 Å². The van der Waals surface area contributed by atoms with Crippen molar-refractivity contribution in [3.8, 4) is 11.6 Å². The molecular formula is C10H7Cl2N3O. The van der Waals surface area contributed by atoms with Gasteiger partial charge in [-0.25, -0.2) is 4.98 Å². The monoisotopic (exact) mass is 255 g/mol. The van der Waals surface area contributed by atoms with Gasteiger partial charge in [-0.3, -0.25) is 0 Å². The molecular weight excluding hydrogens is 249 g/mol. The molecule has 82 valence electrons. The van der Waals surface area contributed by atoms with E-state index in [2.05, 4.69) is 9.97 Å². The lowest BCUT2D eigenvalue weighted by atomic mass is 10.3. The van der Waals surface area contributed by atoms with Gasteiger partial charge in [-0.15, -0.1) is 0 Å². The molecule has 1 aromatic heterocycles. The Balaban J connectivity index is 2.26. The normalized spacial score (nSPS) is 10.1. The van der Waals surface area contributed by atoms with E-state index in [1.807, 2.05) is 0 Å². The van der Waals surface area contributed by atoms with Crippen molar-refractivity contribution in [1.29, 1.82) is 0 Å². The van der Waals surface area contributed by atoms with Crippen LogP contribution in [0.25, 0.3) is 0 Å². The minimum atomic E-state index is 0.0816. The van der Waals surface area contributed by atoms with Crippen LogP contribution in [0.5, 0.6) is 11.6 Å². The molecule has 0 fully saturated rings. The van der Waals surface area contributed by atoms with Crippen molar-refractivity contribution in [3.05, 3.63) is 40.8 Å². The fourth-order valence-electron chi connectivity index (χ4n) is 1.05. The Morgan fingerprint density at radius 3 is 2.50 bits per heavy atom. The van der Waals surface area contributed by atoms with E-state index in [4.69, 9.17) is 33.7 Å². The molecule has 0 bridgehead atoms. The maximum absolute atomic E-state index is 5.74. The number of benzene rings is 1. The summed E-state index contributed by atoms with van der Waals surface area (Å²) in [7, 11) is 0. The van der Waals surface area contributed by atoms with Crippen LogP contribution in [0, 0.1) is 0 Å². The SMILES string of the molecule is Nc1cnc(Cl)nc1Oc1ccc(Cl)cc1. The lowest BCUT2D eigenvalue weighted by molar-refractivity contribution is 0.464. The first-order valence-corrected chi connectivity index (χ1v) is 5.12. The summed E-state index contributed by atoms with van der Waals surface area (Å²) in [6.07, 6.45) is 1.39. The highest BCUT2D eigenvalue weighted by Crippen LogP contribution is 2.26. The van der Waals surface area contributed by atoms with Crippen molar-refractivity contribution in [2.24, 2.45) is 0 Å². The van der Waals surface area contributed by atoms with E-state index in [0.29, 0.717) is 16.5 Å². The smallest absolute Gasteiger partial charge is 0.247 e. The van der Waals surface area contributed by atoms with E-state index in [9.17, 15) is 0 Å². The number of hydrogen-bond acceptors (Lipinski definition) is 4. The zero-order valence-electron chi connectivity index (χ0n) is 8.02. The number of hydrogen-bond donors (Lipinski definition) is 1. The highest BCUT2D eigenvalue weighted by atomic mass is 35.5. The molecule has 0 unspecified atom stereocenters. The fraction of sp³-hybridized carbons (Fsp3) is 0. The molecule has 4 nitrogen and oxygen atoms in total. The van der Waals surface area contributed by atoms with Crippen molar-refractivity contribution >= 4 is 28.9 Å². The molecule has 1 heterocycles. The van der Waals surface area contributed by atoms with Crippen LogP contribution in [-0.2, 0) is 0 Å². The number of aromatic nitrogens is 2. The first kappa shape index (κ1) is 11.0. The van der Waals surface area contributed by atoms with Crippen LogP contribution in [0.15, 0.2) is 30.5 Å². The number of nitrogen functional groups attached to an aromatic ring is 1. The van der Waals surface area contributed by atoms with Crippen LogP contribution >= 0.6 is 23.2 Å². The molecule has 0 saturated heterocycles. The summed E-state index contributed by atoms with van der Waals surface area (Å²) in [5.41, 5.74) is 5.95. The van der Waals surface area contributed by atoms with Crippen LogP contribution < -0.4 is 10.5 Å². The lowest BCUT2D eigenvalue weighted by Gasteiger charge is -2.06. The second-order valence-electron chi connectivity index (χ2n) is 2.96. The summed E-state index contributed by atoms with van der Waals surface area (Å²) in [4.78, 5) is 7.59. The minimum absolute atomic E-state index is 0.0816. The highest BCUT2D eigenvalue weighted by Gasteiger charge is 2.05. The fourth-order valence-corrected chi connectivity index (χ4v) is 1.30. The summed E-state index contributed by atoms with van der Waals surface area (Å²) in [5, 5.41) is 0.708. The number of nitrogens with two attached hydrogens (primary N) is 1. The topological polar surface area (TPSA) is 61.0 Å². The van der Waals surface area contributed by atoms with Gasteiger partial charge in [-0.05, 0) is 35.9 Å². The van der Waals surface area contributed by atoms with Gasteiger partial charge in [-0.1, -0.05) is 11.6 Å². The Hall–Kier alpha value is -1.52. The Morgan fingerprint density at radius 2 is 1.81 bits per heavy atom.